The Kier molecular flexibility index (Phi) is 6.48. The normalized spacial score (nSPS) is 19.9. The monoisotopic (exact) mass is 295 g/mol. The van der Waals surface area contributed by atoms with Crippen LogP contribution in [0.15, 0.2) is 11.5 Å². The molecule has 0 aromatic carbocycles. The molecule has 1 rings (SSSR count). The fourth-order valence-electron chi connectivity index (χ4n) is 2.02. The maximum Gasteiger partial charge on any atom is 0.326 e. The highest BCUT2D eigenvalue weighted by Crippen LogP contribution is 2.29. The van der Waals surface area contributed by atoms with Gasteiger partial charge in [-0.25, -0.2) is 0 Å². The van der Waals surface area contributed by atoms with Crippen LogP contribution < -0.4 is 0 Å². The van der Waals surface area contributed by atoms with E-state index in [2.05, 4.69) is 6.08 Å². The summed E-state index contributed by atoms with van der Waals surface area (Å²) >= 11 is 0. The minimum absolute atomic E-state index is 0.109. The van der Waals surface area contributed by atoms with E-state index in [1.54, 1.807) is 21.3 Å². The third kappa shape index (κ3) is 5.83. The molecule has 1 N–H and O–H groups in total. The summed E-state index contributed by atoms with van der Waals surface area (Å²) in [5.74, 6) is 0.256. The van der Waals surface area contributed by atoms with Crippen LogP contribution in [0.4, 0.5) is 0 Å². The SMILES string of the molecule is CCOC(=O)CC1CC=C([B]OC(C)(C)C(C)(C)O)CC1. The summed E-state index contributed by atoms with van der Waals surface area (Å²) in [7, 11) is 1.75. The molecule has 0 aromatic heterocycles. The van der Waals surface area contributed by atoms with Crippen molar-refractivity contribution in [1.82, 2.24) is 0 Å². The summed E-state index contributed by atoms with van der Waals surface area (Å²) in [6.07, 6.45) is 5.35. The van der Waals surface area contributed by atoms with Gasteiger partial charge in [0, 0.05) is 6.42 Å². The van der Waals surface area contributed by atoms with Crippen molar-refractivity contribution < 1.29 is 19.3 Å². The minimum Gasteiger partial charge on any atom is -0.466 e. The second kappa shape index (κ2) is 7.46. The summed E-state index contributed by atoms with van der Waals surface area (Å²) in [6, 6.07) is 0. The second-order valence-electron chi connectivity index (χ2n) is 6.73. The first-order chi connectivity index (χ1) is 9.65. The van der Waals surface area contributed by atoms with Gasteiger partial charge in [-0.1, -0.05) is 11.5 Å². The van der Waals surface area contributed by atoms with Crippen LogP contribution in [0.2, 0.25) is 0 Å². The predicted molar refractivity (Wildman–Crippen MR) is 83.9 cm³/mol. The van der Waals surface area contributed by atoms with Crippen LogP contribution in [0.3, 0.4) is 0 Å². The van der Waals surface area contributed by atoms with Gasteiger partial charge in [-0.15, -0.1) is 0 Å². The standard InChI is InChI=1S/C16H28BO4/c1-6-20-14(18)11-12-7-9-13(10-8-12)17-21-16(4,5)15(2,3)19/h9,12,19H,6-8,10-11H2,1-5H3. The fourth-order valence-corrected chi connectivity index (χ4v) is 2.02. The van der Waals surface area contributed by atoms with Crippen LogP contribution in [-0.4, -0.2) is 36.4 Å². The maximum atomic E-state index is 11.5. The van der Waals surface area contributed by atoms with Crippen LogP contribution in [0.5, 0.6) is 0 Å². The van der Waals surface area contributed by atoms with E-state index in [-0.39, 0.29) is 5.97 Å². The number of esters is 1. The van der Waals surface area contributed by atoms with Crippen LogP contribution in [0.1, 0.15) is 60.3 Å². The Labute approximate surface area is 129 Å². The number of hydrogen-bond acceptors (Lipinski definition) is 4. The fraction of sp³-hybridized carbons (Fsp3) is 0.812. The number of rotatable bonds is 7. The van der Waals surface area contributed by atoms with Crippen molar-refractivity contribution in [3.05, 3.63) is 11.5 Å². The number of carbonyl (C=O) groups excluding carboxylic acids is 1. The molecule has 0 fully saturated rings. The van der Waals surface area contributed by atoms with E-state index in [9.17, 15) is 9.90 Å². The lowest BCUT2D eigenvalue weighted by Gasteiger charge is -2.38. The smallest absolute Gasteiger partial charge is 0.326 e. The summed E-state index contributed by atoms with van der Waals surface area (Å²) < 4.78 is 10.7. The van der Waals surface area contributed by atoms with E-state index >= 15 is 0 Å². The third-order valence-electron chi connectivity index (χ3n) is 4.29. The summed E-state index contributed by atoms with van der Waals surface area (Å²) in [4.78, 5) is 11.5. The summed E-state index contributed by atoms with van der Waals surface area (Å²) in [6.45, 7) is 9.50. The zero-order valence-corrected chi connectivity index (χ0v) is 13.9. The second-order valence-corrected chi connectivity index (χ2v) is 6.73. The molecule has 0 saturated heterocycles. The molecule has 1 aliphatic carbocycles. The molecule has 1 atom stereocenters. The molecule has 1 unspecified atom stereocenters. The highest BCUT2D eigenvalue weighted by molar-refractivity contribution is 6.38. The van der Waals surface area contributed by atoms with Gasteiger partial charge in [-0.05, 0) is 59.8 Å². The zero-order valence-electron chi connectivity index (χ0n) is 13.9. The number of carbonyl (C=O) groups is 1. The number of allylic oxidation sites excluding steroid dienone is 2. The van der Waals surface area contributed by atoms with Crippen molar-refractivity contribution in [2.24, 2.45) is 5.92 Å². The first-order valence-electron chi connectivity index (χ1n) is 7.73. The average Bonchev–Trinajstić information content (AvgIpc) is 2.37. The Morgan fingerprint density at radius 3 is 2.57 bits per heavy atom. The molecule has 5 heteroatoms. The zero-order chi connectivity index (χ0) is 16.1. The van der Waals surface area contributed by atoms with Gasteiger partial charge < -0.3 is 14.5 Å². The van der Waals surface area contributed by atoms with Crippen molar-refractivity contribution >= 4 is 13.5 Å². The number of aliphatic hydroxyl groups is 1. The van der Waals surface area contributed by atoms with Crippen molar-refractivity contribution in [2.75, 3.05) is 6.61 Å². The lowest BCUT2D eigenvalue weighted by Crippen LogP contribution is -2.48. The van der Waals surface area contributed by atoms with Crippen LogP contribution in [0, 0.1) is 5.92 Å². The van der Waals surface area contributed by atoms with Crippen molar-refractivity contribution in [3.63, 3.8) is 0 Å². The molecule has 119 valence electrons. The van der Waals surface area contributed by atoms with E-state index in [4.69, 9.17) is 9.39 Å². The molecule has 0 saturated carbocycles. The summed E-state index contributed by atoms with van der Waals surface area (Å²) in [5, 5.41) is 10.1. The van der Waals surface area contributed by atoms with Crippen molar-refractivity contribution in [3.8, 4) is 0 Å². The Morgan fingerprint density at radius 1 is 1.43 bits per heavy atom. The largest absolute Gasteiger partial charge is 0.466 e. The van der Waals surface area contributed by atoms with E-state index in [0.29, 0.717) is 18.9 Å². The predicted octanol–water partition coefficient (Wildman–Crippen LogP) is 2.81. The molecule has 0 heterocycles. The number of ether oxygens (including phenoxy) is 1. The molecule has 0 amide bonds. The van der Waals surface area contributed by atoms with Gasteiger partial charge in [0.1, 0.15) is 0 Å². The molecular weight excluding hydrogens is 267 g/mol. The molecule has 1 aliphatic rings. The lowest BCUT2D eigenvalue weighted by atomic mass is 9.74. The van der Waals surface area contributed by atoms with Gasteiger partial charge in [0.05, 0.1) is 17.8 Å². The Morgan fingerprint density at radius 2 is 2.10 bits per heavy atom. The first kappa shape index (κ1) is 18.2. The summed E-state index contributed by atoms with van der Waals surface area (Å²) in [5.41, 5.74) is -0.423. The average molecular weight is 295 g/mol. The Balaban J connectivity index is 2.40. The van der Waals surface area contributed by atoms with Crippen LogP contribution in [-0.2, 0) is 14.2 Å². The quantitative estimate of drug-likeness (QED) is 0.579. The molecule has 1 radical (unpaired) electrons. The van der Waals surface area contributed by atoms with Gasteiger partial charge in [0.2, 0.25) is 0 Å². The van der Waals surface area contributed by atoms with Crippen molar-refractivity contribution in [1.29, 1.82) is 0 Å². The number of hydrogen-bond donors (Lipinski definition) is 1. The molecule has 0 aromatic rings. The topological polar surface area (TPSA) is 55.8 Å². The van der Waals surface area contributed by atoms with Crippen LogP contribution >= 0.6 is 0 Å². The van der Waals surface area contributed by atoms with Gasteiger partial charge in [-0.3, -0.25) is 4.79 Å². The molecule has 0 bridgehead atoms. The highest BCUT2D eigenvalue weighted by atomic mass is 16.5. The van der Waals surface area contributed by atoms with Crippen molar-refractivity contribution in [2.45, 2.75) is 71.5 Å². The molecule has 0 spiro atoms. The van der Waals surface area contributed by atoms with E-state index < -0.39 is 11.2 Å². The molecule has 21 heavy (non-hydrogen) atoms. The van der Waals surface area contributed by atoms with Crippen LogP contribution in [0.25, 0.3) is 0 Å². The molecule has 4 nitrogen and oxygen atoms in total. The molecule has 0 aliphatic heterocycles. The van der Waals surface area contributed by atoms with Gasteiger partial charge in [0.15, 0.2) is 0 Å². The minimum atomic E-state index is -0.912. The van der Waals surface area contributed by atoms with Gasteiger partial charge in [-0.2, -0.15) is 0 Å². The van der Waals surface area contributed by atoms with E-state index in [1.807, 2.05) is 20.8 Å². The highest BCUT2D eigenvalue weighted by Gasteiger charge is 2.36. The van der Waals surface area contributed by atoms with E-state index in [0.717, 1.165) is 24.7 Å². The Bertz CT molecular complexity index is 382. The lowest BCUT2D eigenvalue weighted by molar-refractivity contribution is -0.144. The van der Waals surface area contributed by atoms with Gasteiger partial charge in [0.25, 0.3) is 0 Å². The van der Waals surface area contributed by atoms with Gasteiger partial charge >= 0.3 is 13.5 Å². The van der Waals surface area contributed by atoms with E-state index in [1.165, 1.54) is 0 Å². The maximum absolute atomic E-state index is 11.5. The Hall–Kier alpha value is -0.805. The molecular formula is C16H28BO4. The third-order valence-corrected chi connectivity index (χ3v) is 4.29. The first-order valence-corrected chi connectivity index (χ1v) is 7.73.